The summed E-state index contributed by atoms with van der Waals surface area (Å²) >= 11 is 3.02. The van der Waals surface area contributed by atoms with Crippen molar-refractivity contribution in [1.29, 1.82) is 0 Å². The van der Waals surface area contributed by atoms with Crippen LogP contribution in [0.15, 0.2) is 16.6 Å². The molecule has 102 valence electrons. The van der Waals surface area contributed by atoms with Crippen LogP contribution in [0.5, 0.6) is 0 Å². The van der Waals surface area contributed by atoms with Crippen LogP contribution >= 0.6 is 15.9 Å². The van der Waals surface area contributed by atoms with Gasteiger partial charge in [0.15, 0.2) is 9.84 Å². The lowest BCUT2D eigenvalue weighted by atomic mass is 10.3. The minimum Gasteiger partial charge on any atom is -0.381 e. The summed E-state index contributed by atoms with van der Waals surface area (Å²) in [6, 6.07) is 1.85. The highest BCUT2D eigenvalue weighted by Crippen LogP contribution is 2.26. The lowest BCUT2D eigenvalue weighted by molar-refractivity contribution is 0.581. The normalized spacial score (nSPS) is 11.9. The van der Waals surface area contributed by atoms with Gasteiger partial charge in [0, 0.05) is 17.1 Å². The monoisotopic (exact) mass is 341 g/mol. The summed E-state index contributed by atoms with van der Waals surface area (Å²) in [7, 11) is -3.18. The van der Waals surface area contributed by atoms with Crippen molar-refractivity contribution in [2.45, 2.75) is 19.1 Å². The fraction of sp³-hybridized carbons (Fsp3) is 0.455. The lowest BCUT2D eigenvalue weighted by Gasteiger charge is -2.11. The molecule has 0 aliphatic carbocycles. The maximum absolute atomic E-state index is 13.4. The summed E-state index contributed by atoms with van der Waals surface area (Å²) in [5.41, 5.74) is 0.0651. The third-order valence-electron chi connectivity index (χ3n) is 2.41. The van der Waals surface area contributed by atoms with E-state index in [2.05, 4.69) is 21.2 Å². The van der Waals surface area contributed by atoms with E-state index in [1.54, 1.807) is 13.8 Å². The van der Waals surface area contributed by atoms with E-state index in [9.17, 15) is 17.2 Å². The highest BCUT2D eigenvalue weighted by atomic mass is 79.9. The van der Waals surface area contributed by atoms with Gasteiger partial charge in [-0.05, 0) is 35.8 Å². The molecule has 3 nitrogen and oxygen atoms in total. The molecular formula is C11H14BrF2NO2S. The predicted molar refractivity (Wildman–Crippen MR) is 71.5 cm³/mol. The van der Waals surface area contributed by atoms with Crippen molar-refractivity contribution in [2.75, 3.05) is 17.6 Å². The fourth-order valence-electron chi connectivity index (χ4n) is 1.27. The van der Waals surface area contributed by atoms with Crippen LogP contribution in [0.2, 0.25) is 0 Å². The van der Waals surface area contributed by atoms with Gasteiger partial charge in [-0.15, -0.1) is 0 Å². The van der Waals surface area contributed by atoms with E-state index < -0.39 is 26.7 Å². The molecule has 0 aliphatic rings. The third-order valence-corrected chi connectivity index (χ3v) is 5.25. The second-order valence-electron chi connectivity index (χ2n) is 4.09. The summed E-state index contributed by atoms with van der Waals surface area (Å²) in [5.74, 6) is -1.56. The quantitative estimate of drug-likeness (QED) is 0.895. The standard InChI is InChI=1S/C11H14BrF2NO2S/c1-7(2)18(16,17)4-3-15-11-9(12)5-8(13)6-10(11)14/h5-7,15H,3-4H2,1-2H3. The van der Waals surface area contributed by atoms with Gasteiger partial charge in [-0.2, -0.15) is 0 Å². The van der Waals surface area contributed by atoms with E-state index in [1.165, 1.54) is 0 Å². The molecule has 0 heterocycles. The summed E-state index contributed by atoms with van der Waals surface area (Å²) in [5, 5.41) is 2.18. The van der Waals surface area contributed by atoms with Gasteiger partial charge in [0.1, 0.15) is 11.6 Å². The number of nitrogens with one attached hydrogen (secondary N) is 1. The Balaban J connectivity index is 2.71. The van der Waals surface area contributed by atoms with Crippen molar-refractivity contribution in [2.24, 2.45) is 0 Å². The maximum Gasteiger partial charge on any atom is 0.154 e. The van der Waals surface area contributed by atoms with Gasteiger partial charge < -0.3 is 5.32 Å². The summed E-state index contributed by atoms with van der Waals surface area (Å²) < 4.78 is 49.5. The summed E-state index contributed by atoms with van der Waals surface area (Å²) in [4.78, 5) is 0. The van der Waals surface area contributed by atoms with Crippen molar-refractivity contribution >= 4 is 31.5 Å². The second kappa shape index (κ2) is 5.97. The van der Waals surface area contributed by atoms with Crippen LogP contribution < -0.4 is 5.32 Å². The Morgan fingerprint density at radius 2 is 1.94 bits per heavy atom. The SMILES string of the molecule is CC(C)S(=O)(=O)CCNc1c(F)cc(F)cc1Br. The Kier molecular flexibility index (Phi) is 5.10. The number of anilines is 1. The van der Waals surface area contributed by atoms with Crippen LogP contribution in [0.3, 0.4) is 0 Å². The van der Waals surface area contributed by atoms with E-state index in [0.717, 1.165) is 12.1 Å². The molecule has 0 saturated carbocycles. The molecular weight excluding hydrogens is 328 g/mol. The molecule has 0 atom stereocenters. The van der Waals surface area contributed by atoms with E-state index in [-0.39, 0.29) is 22.5 Å². The van der Waals surface area contributed by atoms with Gasteiger partial charge in [-0.25, -0.2) is 17.2 Å². The Labute approximate surface area is 114 Å². The molecule has 0 amide bonds. The van der Waals surface area contributed by atoms with Gasteiger partial charge in [0.25, 0.3) is 0 Å². The van der Waals surface area contributed by atoms with Crippen LogP contribution in [0.4, 0.5) is 14.5 Å². The number of hydrogen-bond acceptors (Lipinski definition) is 3. The Morgan fingerprint density at radius 3 is 2.44 bits per heavy atom. The van der Waals surface area contributed by atoms with Gasteiger partial charge in [0.05, 0.1) is 16.7 Å². The van der Waals surface area contributed by atoms with Crippen LogP contribution in [-0.2, 0) is 9.84 Å². The smallest absolute Gasteiger partial charge is 0.154 e. The van der Waals surface area contributed by atoms with E-state index in [0.29, 0.717) is 0 Å². The first-order valence-corrected chi connectivity index (χ1v) is 7.85. The third kappa shape index (κ3) is 3.91. The molecule has 1 aromatic carbocycles. The number of benzene rings is 1. The number of rotatable bonds is 5. The zero-order chi connectivity index (χ0) is 13.9. The molecule has 1 N–H and O–H groups in total. The highest BCUT2D eigenvalue weighted by Gasteiger charge is 2.16. The van der Waals surface area contributed by atoms with Crippen molar-refractivity contribution < 1.29 is 17.2 Å². The van der Waals surface area contributed by atoms with E-state index in [1.807, 2.05) is 0 Å². The minimum absolute atomic E-state index is 0.0651. The molecule has 0 radical (unpaired) electrons. The van der Waals surface area contributed by atoms with Crippen molar-refractivity contribution in [3.8, 4) is 0 Å². The average molecular weight is 342 g/mol. The van der Waals surface area contributed by atoms with Crippen molar-refractivity contribution in [3.63, 3.8) is 0 Å². The molecule has 18 heavy (non-hydrogen) atoms. The minimum atomic E-state index is -3.18. The molecule has 0 aromatic heterocycles. The number of sulfone groups is 1. The molecule has 0 fully saturated rings. The first kappa shape index (κ1) is 15.4. The Hall–Kier alpha value is -0.690. The van der Waals surface area contributed by atoms with Crippen LogP contribution in [-0.4, -0.2) is 26.0 Å². The molecule has 0 saturated heterocycles. The van der Waals surface area contributed by atoms with Gasteiger partial charge in [-0.3, -0.25) is 0 Å². The van der Waals surface area contributed by atoms with Crippen LogP contribution in [0.25, 0.3) is 0 Å². The van der Waals surface area contributed by atoms with Gasteiger partial charge in [-0.1, -0.05) is 0 Å². The molecule has 0 spiro atoms. The second-order valence-corrected chi connectivity index (χ2v) is 7.62. The van der Waals surface area contributed by atoms with E-state index in [4.69, 9.17) is 0 Å². The maximum atomic E-state index is 13.4. The Bertz CT molecular complexity index is 509. The largest absolute Gasteiger partial charge is 0.381 e. The zero-order valence-corrected chi connectivity index (χ0v) is 12.4. The lowest BCUT2D eigenvalue weighted by Crippen LogP contribution is -2.23. The fourth-order valence-corrected chi connectivity index (χ4v) is 2.67. The number of halogens is 3. The predicted octanol–water partition coefficient (Wildman–Crippen LogP) is 2.96. The molecule has 1 rings (SSSR count). The Morgan fingerprint density at radius 1 is 1.33 bits per heavy atom. The summed E-state index contributed by atoms with van der Waals surface area (Å²) in [6.45, 7) is 3.25. The zero-order valence-electron chi connectivity index (χ0n) is 10.0. The molecule has 7 heteroatoms. The van der Waals surface area contributed by atoms with Gasteiger partial charge in [0.2, 0.25) is 0 Å². The average Bonchev–Trinajstić information content (AvgIpc) is 2.21. The first-order chi connectivity index (χ1) is 8.24. The molecule has 0 bridgehead atoms. The highest BCUT2D eigenvalue weighted by molar-refractivity contribution is 9.10. The van der Waals surface area contributed by atoms with Crippen LogP contribution in [0, 0.1) is 11.6 Å². The first-order valence-electron chi connectivity index (χ1n) is 5.34. The van der Waals surface area contributed by atoms with Crippen LogP contribution in [0.1, 0.15) is 13.8 Å². The van der Waals surface area contributed by atoms with Crippen molar-refractivity contribution in [1.82, 2.24) is 0 Å². The van der Waals surface area contributed by atoms with E-state index >= 15 is 0 Å². The van der Waals surface area contributed by atoms with Gasteiger partial charge >= 0.3 is 0 Å². The molecule has 0 aliphatic heterocycles. The van der Waals surface area contributed by atoms with Crippen molar-refractivity contribution in [3.05, 3.63) is 28.2 Å². The number of hydrogen-bond donors (Lipinski definition) is 1. The summed E-state index contributed by atoms with van der Waals surface area (Å²) in [6.07, 6.45) is 0. The molecule has 1 aromatic rings. The topological polar surface area (TPSA) is 46.2 Å². The molecule has 0 unspecified atom stereocenters.